The topological polar surface area (TPSA) is 81.0 Å². The molecule has 1 saturated heterocycles. The van der Waals surface area contributed by atoms with Gasteiger partial charge in [-0.3, -0.25) is 9.59 Å². The number of para-hydroxylation sites is 1. The third-order valence-electron chi connectivity index (χ3n) is 5.89. The van der Waals surface area contributed by atoms with Crippen LogP contribution in [0.15, 0.2) is 65.3 Å². The van der Waals surface area contributed by atoms with Gasteiger partial charge in [0.05, 0.1) is 26.4 Å². The van der Waals surface area contributed by atoms with Crippen LogP contribution in [0.25, 0.3) is 0 Å². The fourth-order valence-electron chi connectivity index (χ4n) is 4.23. The predicted octanol–water partition coefficient (Wildman–Crippen LogP) is 3.61. The molecule has 33 heavy (non-hydrogen) atoms. The summed E-state index contributed by atoms with van der Waals surface area (Å²) >= 11 is 0. The lowest BCUT2D eigenvalue weighted by Gasteiger charge is -2.21. The molecule has 2 atom stereocenters. The number of likely N-dealkylation sites (tertiary alicyclic amines) is 1. The van der Waals surface area contributed by atoms with Gasteiger partial charge < -0.3 is 24.1 Å². The number of hydrogen-bond donors (Lipinski definition) is 1. The van der Waals surface area contributed by atoms with Gasteiger partial charge in [0.25, 0.3) is 5.91 Å². The van der Waals surface area contributed by atoms with Crippen molar-refractivity contribution in [2.24, 2.45) is 5.92 Å². The van der Waals surface area contributed by atoms with Crippen LogP contribution in [0.4, 0.5) is 4.39 Å². The Morgan fingerprint density at radius 1 is 1.06 bits per heavy atom. The first-order valence-electron chi connectivity index (χ1n) is 10.6. The quantitative estimate of drug-likeness (QED) is 0.592. The van der Waals surface area contributed by atoms with E-state index in [9.17, 15) is 14.0 Å². The van der Waals surface area contributed by atoms with E-state index >= 15 is 0 Å². The summed E-state index contributed by atoms with van der Waals surface area (Å²) in [6.07, 6.45) is 1.44. The lowest BCUT2D eigenvalue weighted by atomic mass is 9.87. The van der Waals surface area contributed by atoms with Crippen molar-refractivity contribution in [2.75, 3.05) is 27.3 Å². The first-order chi connectivity index (χ1) is 16.0. The van der Waals surface area contributed by atoms with Crippen LogP contribution in [0.1, 0.15) is 27.6 Å². The van der Waals surface area contributed by atoms with E-state index in [1.54, 1.807) is 49.5 Å². The third kappa shape index (κ3) is 4.69. The molecule has 0 spiro atoms. The van der Waals surface area contributed by atoms with Crippen LogP contribution < -0.4 is 14.8 Å². The molecule has 7 nitrogen and oxygen atoms in total. The summed E-state index contributed by atoms with van der Waals surface area (Å²) in [5.74, 6) is -0.348. The Hall–Kier alpha value is -3.81. The van der Waals surface area contributed by atoms with Gasteiger partial charge >= 0.3 is 0 Å². The number of benzene rings is 2. The van der Waals surface area contributed by atoms with Crippen molar-refractivity contribution in [3.63, 3.8) is 0 Å². The second kappa shape index (κ2) is 9.77. The van der Waals surface area contributed by atoms with Gasteiger partial charge in [-0.25, -0.2) is 4.39 Å². The van der Waals surface area contributed by atoms with Crippen LogP contribution in [0.5, 0.6) is 11.5 Å². The van der Waals surface area contributed by atoms with Crippen LogP contribution in [-0.2, 0) is 11.3 Å². The second-order valence-electron chi connectivity index (χ2n) is 7.83. The highest BCUT2D eigenvalue weighted by Crippen LogP contribution is 2.42. The SMILES string of the molecule is COc1cccc([C@@H]2CN(C(=O)c3ccco3)C[C@H]2C(=O)NCc2ccc(F)cc2)c1OC. The lowest BCUT2D eigenvalue weighted by Crippen LogP contribution is -2.35. The first-order valence-corrected chi connectivity index (χ1v) is 10.6. The monoisotopic (exact) mass is 452 g/mol. The van der Waals surface area contributed by atoms with Crippen molar-refractivity contribution in [1.29, 1.82) is 0 Å². The maximum absolute atomic E-state index is 13.3. The van der Waals surface area contributed by atoms with Crippen LogP contribution in [0, 0.1) is 11.7 Å². The molecule has 0 unspecified atom stereocenters. The van der Waals surface area contributed by atoms with Crippen LogP contribution in [0.3, 0.4) is 0 Å². The smallest absolute Gasteiger partial charge is 0.289 e. The highest BCUT2D eigenvalue weighted by Gasteiger charge is 2.42. The number of carbonyl (C=O) groups excluding carboxylic acids is 2. The number of hydrogen-bond acceptors (Lipinski definition) is 5. The van der Waals surface area contributed by atoms with Crippen molar-refractivity contribution >= 4 is 11.8 Å². The molecule has 3 aromatic rings. The fourth-order valence-corrected chi connectivity index (χ4v) is 4.23. The maximum Gasteiger partial charge on any atom is 0.289 e. The van der Waals surface area contributed by atoms with Crippen LogP contribution in [-0.4, -0.2) is 44.0 Å². The summed E-state index contributed by atoms with van der Waals surface area (Å²) in [7, 11) is 3.10. The molecule has 2 heterocycles. The predicted molar refractivity (Wildman–Crippen MR) is 119 cm³/mol. The Balaban J connectivity index is 1.60. The minimum Gasteiger partial charge on any atom is -0.493 e. The molecule has 172 valence electrons. The Kier molecular flexibility index (Phi) is 6.63. The summed E-state index contributed by atoms with van der Waals surface area (Å²) in [6.45, 7) is 0.793. The van der Waals surface area contributed by atoms with Gasteiger partial charge in [0.1, 0.15) is 5.82 Å². The molecule has 2 aromatic carbocycles. The second-order valence-corrected chi connectivity index (χ2v) is 7.83. The van der Waals surface area contributed by atoms with E-state index in [-0.39, 0.29) is 42.4 Å². The Bertz CT molecular complexity index is 1110. The van der Waals surface area contributed by atoms with Crippen molar-refractivity contribution in [1.82, 2.24) is 10.2 Å². The van der Waals surface area contributed by atoms with Crippen molar-refractivity contribution in [3.8, 4) is 11.5 Å². The lowest BCUT2D eigenvalue weighted by molar-refractivity contribution is -0.125. The van der Waals surface area contributed by atoms with Gasteiger partial charge in [0, 0.05) is 31.1 Å². The zero-order valence-electron chi connectivity index (χ0n) is 18.4. The van der Waals surface area contributed by atoms with Gasteiger partial charge in [0.2, 0.25) is 5.91 Å². The molecule has 0 aliphatic carbocycles. The average Bonchev–Trinajstić information content (AvgIpc) is 3.53. The number of carbonyl (C=O) groups is 2. The van der Waals surface area contributed by atoms with E-state index in [0.29, 0.717) is 18.0 Å². The third-order valence-corrected chi connectivity index (χ3v) is 5.89. The summed E-state index contributed by atoms with van der Waals surface area (Å²) in [5, 5.41) is 2.93. The summed E-state index contributed by atoms with van der Waals surface area (Å²) in [4.78, 5) is 27.8. The first kappa shape index (κ1) is 22.4. The van der Waals surface area contributed by atoms with E-state index < -0.39 is 5.92 Å². The molecule has 1 aromatic heterocycles. The van der Waals surface area contributed by atoms with Crippen LogP contribution in [0.2, 0.25) is 0 Å². The van der Waals surface area contributed by atoms with E-state index in [4.69, 9.17) is 13.9 Å². The Labute approximate surface area is 191 Å². The molecule has 1 N–H and O–H groups in total. The van der Waals surface area contributed by atoms with E-state index in [2.05, 4.69) is 5.32 Å². The molecular weight excluding hydrogens is 427 g/mol. The number of nitrogens with one attached hydrogen (secondary N) is 1. The number of methoxy groups -OCH3 is 2. The van der Waals surface area contributed by atoms with Gasteiger partial charge in [0.15, 0.2) is 17.3 Å². The van der Waals surface area contributed by atoms with E-state index in [1.807, 2.05) is 12.1 Å². The maximum atomic E-state index is 13.3. The molecule has 1 fully saturated rings. The molecule has 0 bridgehead atoms. The minimum absolute atomic E-state index is 0.205. The number of nitrogens with zero attached hydrogens (tertiary/aromatic N) is 1. The van der Waals surface area contributed by atoms with Gasteiger partial charge in [-0.15, -0.1) is 0 Å². The molecule has 4 rings (SSSR count). The largest absolute Gasteiger partial charge is 0.493 e. The highest BCUT2D eigenvalue weighted by atomic mass is 19.1. The van der Waals surface area contributed by atoms with E-state index in [0.717, 1.165) is 11.1 Å². The minimum atomic E-state index is -0.523. The molecule has 1 aliphatic rings. The van der Waals surface area contributed by atoms with Crippen LogP contribution >= 0.6 is 0 Å². The molecule has 2 amide bonds. The molecule has 0 saturated carbocycles. The highest BCUT2D eigenvalue weighted by molar-refractivity contribution is 5.93. The van der Waals surface area contributed by atoms with Gasteiger partial charge in [-0.1, -0.05) is 24.3 Å². The average molecular weight is 452 g/mol. The zero-order chi connectivity index (χ0) is 23.4. The molecule has 1 aliphatic heterocycles. The number of furan rings is 1. The summed E-state index contributed by atoms with van der Waals surface area (Å²) in [5.41, 5.74) is 1.57. The fraction of sp³-hybridized carbons (Fsp3) is 0.280. The van der Waals surface area contributed by atoms with Gasteiger partial charge in [-0.05, 0) is 35.9 Å². The molecular formula is C25H25FN2O5. The zero-order valence-corrected chi connectivity index (χ0v) is 18.4. The summed E-state index contributed by atoms with van der Waals surface area (Å²) in [6, 6.07) is 14.7. The Morgan fingerprint density at radius 2 is 1.85 bits per heavy atom. The summed E-state index contributed by atoms with van der Waals surface area (Å²) < 4.78 is 29.5. The molecule has 0 radical (unpaired) electrons. The van der Waals surface area contributed by atoms with Crippen molar-refractivity contribution < 1.29 is 27.9 Å². The normalized spacial score (nSPS) is 17.6. The van der Waals surface area contributed by atoms with Crippen molar-refractivity contribution in [2.45, 2.75) is 12.5 Å². The number of amides is 2. The number of halogens is 1. The van der Waals surface area contributed by atoms with Gasteiger partial charge in [-0.2, -0.15) is 0 Å². The molecule has 8 heteroatoms. The number of ether oxygens (including phenoxy) is 2. The van der Waals surface area contributed by atoms with Crippen molar-refractivity contribution in [3.05, 3.63) is 83.6 Å². The standard InChI is InChI=1S/C25H25FN2O5/c1-31-21-6-3-5-18(23(21)32-2)19-14-28(25(30)22-7-4-12-33-22)15-20(19)24(29)27-13-16-8-10-17(26)11-9-16/h3-12,19-20H,13-15H2,1-2H3,(H,27,29)/t19-,20+/m0/s1. The Morgan fingerprint density at radius 3 is 2.52 bits per heavy atom. The number of rotatable bonds is 7. The van der Waals surface area contributed by atoms with E-state index in [1.165, 1.54) is 18.4 Å².